The van der Waals surface area contributed by atoms with Crippen molar-refractivity contribution < 1.29 is 14.1 Å². The van der Waals surface area contributed by atoms with Gasteiger partial charge in [-0.1, -0.05) is 11.2 Å². The van der Waals surface area contributed by atoms with Gasteiger partial charge in [0, 0.05) is 24.7 Å². The van der Waals surface area contributed by atoms with Crippen LogP contribution in [0, 0.1) is 13.8 Å². The Hall–Kier alpha value is -2.54. The van der Waals surface area contributed by atoms with Gasteiger partial charge < -0.3 is 20.3 Å². The molecule has 0 amide bonds. The first-order valence-electron chi connectivity index (χ1n) is 10.6. The number of nitrogens with two attached hydrogens (primary N) is 1. The van der Waals surface area contributed by atoms with Crippen molar-refractivity contribution in [1.82, 2.24) is 10.1 Å². The number of ether oxygens (including phenoxy) is 1. The van der Waals surface area contributed by atoms with Crippen LogP contribution >= 0.6 is 0 Å². The molecule has 7 nitrogen and oxygen atoms in total. The Morgan fingerprint density at radius 3 is 2.50 bits per heavy atom. The molecule has 1 saturated heterocycles. The number of nitrogens with one attached hydrogen (secondary N) is 1. The molecule has 0 bridgehead atoms. The molecule has 0 spiro atoms. The summed E-state index contributed by atoms with van der Waals surface area (Å²) in [7, 11) is 0. The number of esters is 1. The van der Waals surface area contributed by atoms with E-state index >= 15 is 0 Å². The highest BCUT2D eigenvalue weighted by Gasteiger charge is 2.30. The molecule has 1 unspecified atom stereocenters. The molecule has 7 heteroatoms. The summed E-state index contributed by atoms with van der Waals surface area (Å²) in [6, 6.07) is 6.12. The monoisotopic (exact) mass is 414 g/mol. The van der Waals surface area contributed by atoms with Crippen LogP contribution in [0.3, 0.4) is 0 Å². The van der Waals surface area contributed by atoms with E-state index in [0.29, 0.717) is 11.7 Å². The number of carbonyl (C=O) groups is 1. The number of rotatable bonds is 5. The summed E-state index contributed by atoms with van der Waals surface area (Å²) in [6.45, 7) is 13.1. The number of piperidine rings is 1. The van der Waals surface area contributed by atoms with Crippen molar-refractivity contribution in [3.05, 3.63) is 29.7 Å². The SMILES string of the molecule is Cc1noc(C)c1-c1ccc(NC2CCN(C(C)C(=O)OC(C)(C)C)CC2)c(N)c1. The molecule has 3 rings (SSSR count). The van der Waals surface area contributed by atoms with Gasteiger partial charge in [0.05, 0.1) is 17.1 Å². The number of aromatic nitrogens is 1. The minimum absolute atomic E-state index is 0.159. The molecule has 1 aliphatic rings. The maximum absolute atomic E-state index is 12.3. The van der Waals surface area contributed by atoms with E-state index in [1.807, 2.05) is 59.7 Å². The fourth-order valence-corrected chi connectivity index (χ4v) is 3.93. The Balaban J connectivity index is 1.58. The van der Waals surface area contributed by atoms with Crippen LogP contribution < -0.4 is 11.1 Å². The van der Waals surface area contributed by atoms with E-state index in [-0.39, 0.29) is 12.0 Å². The molecule has 0 radical (unpaired) electrons. The molecule has 3 N–H and O–H groups in total. The number of likely N-dealkylation sites (tertiary alicyclic amines) is 1. The first-order valence-corrected chi connectivity index (χ1v) is 10.6. The average molecular weight is 415 g/mol. The molecule has 1 aromatic carbocycles. The third-order valence-electron chi connectivity index (χ3n) is 5.56. The zero-order valence-corrected chi connectivity index (χ0v) is 18.9. The number of anilines is 2. The van der Waals surface area contributed by atoms with Crippen molar-refractivity contribution in [2.24, 2.45) is 0 Å². The number of carbonyl (C=O) groups excluding carboxylic acids is 1. The number of nitrogen functional groups attached to an aromatic ring is 1. The minimum Gasteiger partial charge on any atom is -0.459 e. The van der Waals surface area contributed by atoms with Crippen LogP contribution in [-0.4, -0.2) is 46.8 Å². The number of hydrogen-bond donors (Lipinski definition) is 2. The summed E-state index contributed by atoms with van der Waals surface area (Å²) < 4.78 is 10.8. The van der Waals surface area contributed by atoms with Crippen molar-refractivity contribution in [3.63, 3.8) is 0 Å². The summed E-state index contributed by atoms with van der Waals surface area (Å²) in [5, 5.41) is 7.59. The quantitative estimate of drug-likeness (QED) is 0.561. The third kappa shape index (κ3) is 5.14. The lowest BCUT2D eigenvalue weighted by molar-refractivity contribution is -0.161. The molecule has 0 saturated carbocycles. The second kappa shape index (κ2) is 8.68. The van der Waals surface area contributed by atoms with Crippen molar-refractivity contribution in [2.45, 2.75) is 72.1 Å². The lowest BCUT2D eigenvalue weighted by Gasteiger charge is -2.36. The molecule has 1 atom stereocenters. The molecule has 1 aliphatic heterocycles. The smallest absolute Gasteiger partial charge is 0.323 e. The van der Waals surface area contributed by atoms with Gasteiger partial charge >= 0.3 is 5.97 Å². The Bertz CT molecular complexity index is 873. The Morgan fingerprint density at radius 2 is 1.97 bits per heavy atom. The largest absolute Gasteiger partial charge is 0.459 e. The van der Waals surface area contributed by atoms with E-state index in [4.69, 9.17) is 15.0 Å². The fraction of sp³-hybridized carbons (Fsp3) is 0.565. The molecular formula is C23H34N4O3. The van der Waals surface area contributed by atoms with Gasteiger partial charge in [-0.25, -0.2) is 0 Å². The summed E-state index contributed by atoms with van der Waals surface area (Å²) in [5.74, 6) is 0.632. The lowest BCUT2D eigenvalue weighted by Crippen LogP contribution is -2.48. The first-order chi connectivity index (χ1) is 14.0. The normalized spacial score (nSPS) is 17.0. The molecule has 0 aliphatic carbocycles. The topological polar surface area (TPSA) is 93.6 Å². The predicted molar refractivity (Wildman–Crippen MR) is 119 cm³/mol. The van der Waals surface area contributed by atoms with E-state index in [1.165, 1.54) is 0 Å². The van der Waals surface area contributed by atoms with Gasteiger partial charge in [0.2, 0.25) is 0 Å². The molecule has 1 fully saturated rings. The van der Waals surface area contributed by atoms with E-state index in [2.05, 4.69) is 15.4 Å². The minimum atomic E-state index is -0.460. The van der Waals surface area contributed by atoms with Crippen LogP contribution in [0.15, 0.2) is 22.7 Å². The van der Waals surface area contributed by atoms with Gasteiger partial charge in [0.1, 0.15) is 17.4 Å². The van der Waals surface area contributed by atoms with E-state index in [9.17, 15) is 4.79 Å². The van der Waals surface area contributed by atoms with Gasteiger partial charge in [-0.15, -0.1) is 0 Å². The zero-order chi connectivity index (χ0) is 22.1. The van der Waals surface area contributed by atoms with Gasteiger partial charge in [-0.3, -0.25) is 9.69 Å². The molecule has 30 heavy (non-hydrogen) atoms. The Kier molecular flexibility index (Phi) is 6.41. The van der Waals surface area contributed by atoms with E-state index < -0.39 is 5.60 Å². The summed E-state index contributed by atoms with van der Waals surface area (Å²) in [4.78, 5) is 14.5. The van der Waals surface area contributed by atoms with Crippen molar-refractivity contribution >= 4 is 17.3 Å². The molecule has 1 aromatic heterocycles. The van der Waals surface area contributed by atoms with Gasteiger partial charge in [-0.2, -0.15) is 0 Å². The Morgan fingerprint density at radius 1 is 1.30 bits per heavy atom. The highest BCUT2D eigenvalue weighted by atomic mass is 16.6. The van der Waals surface area contributed by atoms with Crippen LogP contribution in [0.1, 0.15) is 52.0 Å². The molecule has 164 valence electrons. The average Bonchev–Trinajstić information content (AvgIpc) is 3.00. The van der Waals surface area contributed by atoms with Crippen LogP contribution in [0.4, 0.5) is 11.4 Å². The highest BCUT2D eigenvalue weighted by molar-refractivity contribution is 5.78. The maximum atomic E-state index is 12.3. The summed E-state index contributed by atoms with van der Waals surface area (Å²) in [5.41, 5.74) is 10.4. The van der Waals surface area contributed by atoms with Gasteiger partial charge in [0.25, 0.3) is 0 Å². The van der Waals surface area contributed by atoms with E-state index in [0.717, 1.165) is 54.2 Å². The predicted octanol–water partition coefficient (Wildman–Crippen LogP) is 4.15. The van der Waals surface area contributed by atoms with E-state index in [1.54, 1.807) is 0 Å². The fourth-order valence-electron chi connectivity index (χ4n) is 3.93. The van der Waals surface area contributed by atoms with Crippen LogP contribution in [-0.2, 0) is 9.53 Å². The molecular weight excluding hydrogens is 380 g/mol. The first kappa shape index (κ1) is 22.2. The zero-order valence-electron chi connectivity index (χ0n) is 18.9. The van der Waals surface area contributed by atoms with Crippen LogP contribution in [0.25, 0.3) is 11.1 Å². The third-order valence-corrected chi connectivity index (χ3v) is 5.56. The highest BCUT2D eigenvalue weighted by Crippen LogP contribution is 2.32. The number of aryl methyl sites for hydroxylation is 2. The van der Waals surface area contributed by atoms with Gasteiger partial charge in [-0.05, 0) is 72.1 Å². The van der Waals surface area contributed by atoms with Crippen LogP contribution in [0.2, 0.25) is 0 Å². The van der Waals surface area contributed by atoms with Gasteiger partial charge in [0.15, 0.2) is 0 Å². The van der Waals surface area contributed by atoms with Crippen molar-refractivity contribution in [2.75, 3.05) is 24.1 Å². The maximum Gasteiger partial charge on any atom is 0.323 e. The standard InChI is InChI=1S/C23H34N4O3/c1-14-21(16(3)30-26-14)17-7-8-20(19(24)13-17)25-18-9-11-27(12-10-18)15(2)22(28)29-23(4,5)6/h7-8,13,15,18,25H,9-12,24H2,1-6H3. The molecule has 2 heterocycles. The van der Waals surface area contributed by atoms with Crippen molar-refractivity contribution in [1.29, 1.82) is 0 Å². The lowest BCUT2D eigenvalue weighted by atomic mass is 10.0. The summed E-state index contributed by atoms with van der Waals surface area (Å²) >= 11 is 0. The number of nitrogens with zero attached hydrogens (tertiary/aromatic N) is 2. The second-order valence-corrected chi connectivity index (χ2v) is 9.17. The van der Waals surface area contributed by atoms with Crippen molar-refractivity contribution in [3.8, 4) is 11.1 Å². The van der Waals surface area contributed by atoms with Crippen LogP contribution in [0.5, 0.6) is 0 Å². The Labute approximate surface area is 178 Å². The number of hydrogen-bond acceptors (Lipinski definition) is 7. The molecule has 2 aromatic rings. The summed E-state index contributed by atoms with van der Waals surface area (Å²) in [6.07, 6.45) is 1.89. The second-order valence-electron chi connectivity index (χ2n) is 9.17. The number of benzene rings is 1.